The molecular formula is C3H8N2O2Se. The molecule has 0 spiro atoms. The average molecular weight is 183 g/mol. The summed E-state index contributed by atoms with van der Waals surface area (Å²) in [5.74, 6) is 0. The monoisotopic (exact) mass is 184 g/mol. The molecule has 8 heavy (non-hydrogen) atoms. The van der Waals surface area contributed by atoms with Crippen LogP contribution >= 0.6 is 0 Å². The third-order valence-electron chi connectivity index (χ3n) is 1.01. The van der Waals surface area contributed by atoms with Crippen molar-refractivity contribution in [1.82, 2.24) is 10.6 Å². The molecular weight excluding hydrogens is 175 g/mol. The summed E-state index contributed by atoms with van der Waals surface area (Å²) in [7, 11) is 0. The van der Waals surface area contributed by atoms with Gasteiger partial charge in [0.1, 0.15) is 0 Å². The second-order valence-electron chi connectivity index (χ2n) is 1.60. The zero-order valence-corrected chi connectivity index (χ0v) is 6.13. The van der Waals surface area contributed by atoms with Crippen LogP contribution in [-0.2, 0) is 7.67 Å². The molecule has 1 fully saturated rings. The Hall–Kier alpha value is 0.0395. The fraction of sp³-hybridized carbons (Fsp3) is 1.00. The molecule has 5 heteroatoms. The van der Waals surface area contributed by atoms with Crippen molar-refractivity contribution in [2.75, 3.05) is 13.1 Å². The number of hydrogen-bond acceptors (Lipinski definition) is 4. The van der Waals surface area contributed by atoms with Crippen molar-refractivity contribution in [1.29, 1.82) is 0 Å². The van der Waals surface area contributed by atoms with E-state index < -0.39 is 18.8 Å². The maximum absolute atomic E-state index is 10.2. The summed E-state index contributed by atoms with van der Waals surface area (Å²) in [4.78, 5) is 0. The Morgan fingerprint density at radius 3 is 2.00 bits per heavy atom. The van der Waals surface area contributed by atoms with Crippen molar-refractivity contribution in [3.63, 3.8) is 0 Å². The third-order valence-corrected chi connectivity index (χ3v) is 2.66. The van der Waals surface area contributed by atoms with Crippen LogP contribution < -0.4 is 10.6 Å². The van der Waals surface area contributed by atoms with E-state index >= 15 is 0 Å². The van der Waals surface area contributed by atoms with Gasteiger partial charge in [-0.1, -0.05) is 0 Å². The van der Waals surface area contributed by atoms with Crippen LogP contribution in [0.1, 0.15) is 0 Å². The molecule has 2 N–H and O–H groups in total. The Labute approximate surface area is 50.9 Å². The zero-order chi connectivity index (χ0) is 5.98. The molecule has 0 saturated carbocycles. The van der Waals surface area contributed by atoms with Gasteiger partial charge in [-0.05, 0) is 0 Å². The predicted octanol–water partition coefficient (Wildman–Crippen LogP) is -1.87. The number of nitrogens with one attached hydrogen (secondary N) is 2. The molecule has 0 atom stereocenters. The minimum atomic E-state index is -3.00. The Balaban J connectivity index is 2.47. The van der Waals surface area contributed by atoms with Crippen molar-refractivity contribution >= 4 is 13.8 Å². The maximum atomic E-state index is 10.2. The standard InChI is InChI=1S/C3H8N2O2Se/c6-8(7)3-4-1-2-5-3/h3-5,8H,1-2H2. The van der Waals surface area contributed by atoms with Gasteiger partial charge in [0.15, 0.2) is 0 Å². The van der Waals surface area contributed by atoms with Crippen molar-refractivity contribution in [3.05, 3.63) is 0 Å². The molecule has 0 aromatic heterocycles. The van der Waals surface area contributed by atoms with Gasteiger partial charge in [-0.3, -0.25) is 0 Å². The summed E-state index contributed by atoms with van der Waals surface area (Å²) >= 11 is -3.00. The summed E-state index contributed by atoms with van der Waals surface area (Å²) in [6.45, 7) is 1.53. The van der Waals surface area contributed by atoms with Gasteiger partial charge in [-0.15, -0.1) is 0 Å². The van der Waals surface area contributed by atoms with Gasteiger partial charge < -0.3 is 0 Å². The summed E-state index contributed by atoms with van der Waals surface area (Å²) in [5, 5.41) is 5.17. The van der Waals surface area contributed by atoms with Crippen LogP contribution in [0.5, 0.6) is 0 Å². The van der Waals surface area contributed by atoms with Gasteiger partial charge in [-0.2, -0.15) is 0 Å². The van der Waals surface area contributed by atoms with Crippen LogP contribution in [0.4, 0.5) is 0 Å². The molecule has 0 aromatic rings. The molecule has 4 nitrogen and oxygen atoms in total. The Morgan fingerprint density at radius 1 is 1.25 bits per heavy atom. The van der Waals surface area contributed by atoms with Gasteiger partial charge in [0.05, 0.1) is 0 Å². The van der Waals surface area contributed by atoms with Gasteiger partial charge in [0.25, 0.3) is 0 Å². The van der Waals surface area contributed by atoms with E-state index in [1.54, 1.807) is 0 Å². The molecule has 1 saturated heterocycles. The predicted molar refractivity (Wildman–Crippen MR) is 28.3 cm³/mol. The van der Waals surface area contributed by atoms with Crippen molar-refractivity contribution in [2.24, 2.45) is 0 Å². The normalized spacial score (nSPS) is 22.6. The van der Waals surface area contributed by atoms with E-state index in [4.69, 9.17) is 0 Å². The molecule has 0 bridgehead atoms. The molecule has 1 rings (SSSR count). The molecule has 0 unspecified atom stereocenters. The van der Waals surface area contributed by atoms with Crippen LogP contribution in [0.3, 0.4) is 0 Å². The van der Waals surface area contributed by atoms with Crippen molar-refractivity contribution in [2.45, 2.75) is 5.06 Å². The molecule has 0 radical (unpaired) electrons. The topological polar surface area (TPSA) is 58.2 Å². The average Bonchev–Trinajstić information content (AvgIpc) is 2.12. The van der Waals surface area contributed by atoms with Gasteiger partial charge in [0, 0.05) is 0 Å². The minimum absolute atomic E-state index is 0.400. The Kier molecular flexibility index (Phi) is 1.96. The molecule has 48 valence electrons. The van der Waals surface area contributed by atoms with E-state index in [-0.39, 0.29) is 0 Å². The summed E-state index contributed by atoms with van der Waals surface area (Å²) in [5.41, 5.74) is 0. The summed E-state index contributed by atoms with van der Waals surface area (Å²) < 4.78 is 20.4. The molecule has 0 amide bonds. The van der Waals surface area contributed by atoms with Crippen LogP contribution in [0, 0.1) is 0 Å². The summed E-state index contributed by atoms with van der Waals surface area (Å²) in [6.07, 6.45) is 0. The summed E-state index contributed by atoms with van der Waals surface area (Å²) in [6, 6.07) is 0. The molecule has 1 heterocycles. The first-order chi connectivity index (χ1) is 3.80. The van der Waals surface area contributed by atoms with Crippen LogP contribution in [0.15, 0.2) is 0 Å². The van der Waals surface area contributed by atoms with Crippen LogP contribution in [-0.4, -0.2) is 31.9 Å². The van der Waals surface area contributed by atoms with Crippen molar-refractivity contribution in [3.8, 4) is 0 Å². The van der Waals surface area contributed by atoms with E-state index in [1.807, 2.05) is 0 Å². The fourth-order valence-electron chi connectivity index (χ4n) is 0.639. The molecule has 1 aliphatic rings. The van der Waals surface area contributed by atoms with E-state index in [2.05, 4.69) is 10.6 Å². The van der Waals surface area contributed by atoms with Crippen LogP contribution in [0.25, 0.3) is 0 Å². The van der Waals surface area contributed by atoms with Gasteiger partial charge in [-0.25, -0.2) is 0 Å². The Morgan fingerprint density at radius 2 is 1.75 bits per heavy atom. The van der Waals surface area contributed by atoms with E-state index in [0.29, 0.717) is 0 Å². The first-order valence-corrected chi connectivity index (χ1v) is 5.02. The van der Waals surface area contributed by atoms with Crippen LogP contribution in [0.2, 0.25) is 0 Å². The van der Waals surface area contributed by atoms with Crippen molar-refractivity contribution < 1.29 is 7.67 Å². The first-order valence-electron chi connectivity index (χ1n) is 2.41. The molecule has 0 aromatic carbocycles. The fourth-order valence-corrected chi connectivity index (χ4v) is 1.81. The Bertz CT molecular complexity index is 130. The molecule has 0 aliphatic carbocycles. The first kappa shape index (κ1) is 6.16. The second kappa shape index (κ2) is 2.55. The van der Waals surface area contributed by atoms with Gasteiger partial charge in [0.2, 0.25) is 0 Å². The van der Waals surface area contributed by atoms with E-state index in [0.717, 1.165) is 13.1 Å². The molecule has 1 aliphatic heterocycles. The zero-order valence-electron chi connectivity index (χ0n) is 4.26. The van der Waals surface area contributed by atoms with E-state index in [1.165, 1.54) is 0 Å². The SMILES string of the molecule is O=[SeH](=O)C1NCCN1. The number of hydrogen-bond donors (Lipinski definition) is 2. The van der Waals surface area contributed by atoms with E-state index in [9.17, 15) is 7.67 Å². The quantitative estimate of drug-likeness (QED) is 0.467. The third kappa shape index (κ3) is 1.26. The van der Waals surface area contributed by atoms with Gasteiger partial charge >= 0.3 is 50.2 Å². The second-order valence-corrected chi connectivity index (χ2v) is 3.88. The number of rotatable bonds is 1.